The maximum absolute atomic E-state index is 10.3. The zero-order chi connectivity index (χ0) is 7.11. The van der Waals surface area contributed by atoms with Crippen LogP contribution in [0.15, 0.2) is 4.99 Å². The van der Waals surface area contributed by atoms with Crippen molar-refractivity contribution in [2.24, 2.45) is 4.99 Å². The molecule has 0 fully saturated rings. The molecule has 4 heteroatoms. The van der Waals surface area contributed by atoms with Crippen molar-refractivity contribution in [2.45, 2.75) is 6.42 Å². The summed E-state index contributed by atoms with van der Waals surface area (Å²) in [5.74, 6) is -0.431. The molecule has 0 aliphatic rings. The monoisotopic (exact) mass is 128 g/mol. The molecule has 9 heavy (non-hydrogen) atoms. The normalized spacial score (nSPS) is 11.4. The molecule has 0 aliphatic heterocycles. The van der Waals surface area contributed by atoms with E-state index in [1.54, 1.807) is 7.05 Å². The van der Waals surface area contributed by atoms with Crippen molar-refractivity contribution >= 4 is 12.3 Å². The molecule has 0 rings (SSSR count). The van der Waals surface area contributed by atoms with Crippen LogP contribution < -0.4 is 10.4 Å². The van der Waals surface area contributed by atoms with Gasteiger partial charge in [0.05, 0.1) is 6.41 Å². The zero-order valence-electron chi connectivity index (χ0n) is 5.18. The summed E-state index contributed by atoms with van der Waals surface area (Å²) in [6, 6.07) is 0. The minimum absolute atomic E-state index is 0.256. The molecular weight excluding hydrogens is 120 g/mol. The van der Waals surface area contributed by atoms with Gasteiger partial charge in [-0.2, -0.15) is 0 Å². The van der Waals surface area contributed by atoms with E-state index in [1.807, 2.05) is 0 Å². The van der Waals surface area contributed by atoms with Gasteiger partial charge in [0.15, 0.2) is 0 Å². The van der Waals surface area contributed by atoms with Crippen LogP contribution in [-0.2, 0) is 4.79 Å². The summed E-state index contributed by atoms with van der Waals surface area (Å²) < 4.78 is 0. The molecule has 1 N–H and O–H groups in total. The molecule has 0 unspecified atom stereocenters. The molecule has 0 aromatic heterocycles. The van der Waals surface area contributed by atoms with E-state index in [0.29, 0.717) is 6.54 Å². The molecule has 0 atom stereocenters. The van der Waals surface area contributed by atoms with E-state index < -0.39 is 5.90 Å². The number of rotatable bonds is 4. The Morgan fingerprint density at radius 1 is 1.89 bits per heavy atom. The lowest BCUT2D eigenvalue weighted by Gasteiger charge is -2.17. The Labute approximate surface area is 53.6 Å². The van der Waals surface area contributed by atoms with Crippen molar-refractivity contribution < 1.29 is 9.90 Å². The van der Waals surface area contributed by atoms with Crippen LogP contribution in [0.2, 0.25) is 0 Å². The van der Waals surface area contributed by atoms with Crippen LogP contribution in [0.4, 0.5) is 0 Å². The lowest BCUT2D eigenvalue weighted by atomic mass is 10.4. The molecule has 0 saturated carbocycles. The molecule has 0 aliphatic carbocycles. The fourth-order valence-electron chi connectivity index (χ4n) is 0.339. The van der Waals surface area contributed by atoms with Crippen LogP contribution in [0.1, 0.15) is 6.42 Å². The predicted molar refractivity (Wildman–Crippen MR) is 31.7 cm³/mol. The van der Waals surface area contributed by atoms with Gasteiger partial charge in [-0.15, -0.1) is 0 Å². The standard InChI is InChI=1S/C5H9N2O2/c1-6-3-2-5(9)7-4-8/h6H,2-3H2,1H3,(H,7,8,9)/q-1/p-1. The van der Waals surface area contributed by atoms with E-state index in [1.165, 1.54) is 6.41 Å². The minimum Gasteiger partial charge on any atom is -0.944 e. The minimum atomic E-state index is -0.431. The first-order valence-electron chi connectivity index (χ1n) is 2.56. The van der Waals surface area contributed by atoms with Crippen LogP contribution in [0.3, 0.4) is 0 Å². The highest BCUT2D eigenvalue weighted by Gasteiger charge is 1.71. The molecule has 0 aromatic carbocycles. The first kappa shape index (κ1) is 8.10. The third-order valence-corrected chi connectivity index (χ3v) is 0.759. The second kappa shape index (κ2) is 5.24. The highest BCUT2D eigenvalue weighted by molar-refractivity contribution is 5.79. The summed E-state index contributed by atoms with van der Waals surface area (Å²) in [7, 11) is 1.72. The van der Waals surface area contributed by atoms with Gasteiger partial charge in [-0.3, -0.25) is 0 Å². The number of amides is 1. The van der Waals surface area contributed by atoms with E-state index in [2.05, 4.69) is 10.3 Å². The van der Waals surface area contributed by atoms with Gasteiger partial charge in [-0.25, -0.2) is 5.90 Å². The van der Waals surface area contributed by atoms with Crippen LogP contribution in [0.5, 0.6) is 0 Å². The molecule has 1 amide bonds. The molecule has 0 aromatic rings. The lowest BCUT2D eigenvalue weighted by molar-refractivity contribution is -0.218. The zero-order valence-corrected chi connectivity index (χ0v) is 5.18. The van der Waals surface area contributed by atoms with Gasteiger partial charge in [0.2, 0.25) is 0 Å². The van der Waals surface area contributed by atoms with E-state index in [9.17, 15) is 9.90 Å². The van der Waals surface area contributed by atoms with Gasteiger partial charge in [0.25, 0.3) is 0 Å². The molecular formula is C5H8N2O2-2. The fourth-order valence-corrected chi connectivity index (χ4v) is 0.339. The van der Waals surface area contributed by atoms with Crippen LogP contribution in [0.25, 0.3) is 0 Å². The quantitative estimate of drug-likeness (QED) is 0.282. The highest BCUT2D eigenvalue weighted by Crippen LogP contribution is 1.73. The predicted octanol–water partition coefficient (Wildman–Crippen LogP) is -1.58. The van der Waals surface area contributed by atoms with Gasteiger partial charge in [0, 0.05) is 0 Å². The largest absolute Gasteiger partial charge is 0.944 e. The van der Waals surface area contributed by atoms with Crippen LogP contribution in [0, 0.1) is 0 Å². The highest BCUT2D eigenvalue weighted by atomic mass is 16.3. The number of hydrogen-bond donors (Lipinski definition) is 1. The van der Waals surface area contributed by atoms with Crippen LogP contribution >= 0.6 is 0 Å². The van der Waals surface area contributed by atoms with E-state index in [0.717, 1.165) is 0 Å². The van der Waals surface area contributed by atoms with Gasteiger partial charge >= 0.3 is 0 Å². The van der Waals surface area contributed by atoms with Gasteiger partial charge in [0.1, 0.15) is 0 Å². The van der Waals surface area contributed by atoms with Gasteiger partial charge in [-0.05, 0) is 13.6 Å². The Morgan fingerprint density at radius 3 is 3.00 bits per heavy atom. The number of nitrogens with zero attached hydrogens (tertiary/aromatic N) is 1. The maximum Gasteiger partial charge on any atom is 0.0880 e. The third kappa shape index (κ3) is 4.96. The summed E-state index contributed by atoms with van der Waals surface area (Å²) in [5.41, 5.74) is 0. The smallest absolute Gasteiger partial charge is 0.0880 e. The van der Waals surface area contributed by atoms with Crippen molar-refractivity contribution in [3.8, 4) is 0 Å². The second-order valence-electron chi connectivity index (χ2n) is 1.45. The maximum atomic E-state index is 10.3. The van der Waals surface area contributed by atoms with Crippen molar-refractivity contribution in [2.75, 3.05) is 13.6 Å². The Morgan fingerprint density at radius 2 is 2.56 bits per heavy atom. The second-order valence-corrected chi connectivity index (χ2v) is 1.45. The van der Waals surface area contributed by atoms with E-state index in [4.69, 9.17) is 0 Å². The van der Waals surface area contributed by atoms with Gasteiger partial charge in [-0.1, -0.05) is 6.42 Å². The van der Waals surface area contributed by atoms with Gasteiger partial charge < -0.3 is 20.2 Å². The van der Waals surface area contributed by atoms with Crippen molar-refractivity contribution in [1.29, 1.82) is 0 Å². The third-order valence-electron chi connectivity index (χ3n) is 0.759. The number of aliphatic imine (C=N–C) groups is 1. The first-order valence-corrected chi connectivity index (χ1v) is 2.56. The molecule has 0 bridgehead atoms. The van der Waals surface area contributed by atoms with Crippen molar-refractivity contribution in [3.05, 3.63) is 0 Å². The van der Waals surface area contributed by atoms with Crippen molar-refractivity contribution in [3.63, 3.8) is 0 Å². The molecule has 0 radical (unpaired) electrons. The Bertz CT molecular complexity index is 112. The summed E-state index contributed by atoms with van der Waals surface area (Å²) in [6.07, 6.45) is 1.43. The molecule has 52 valence electrons. The van der Waals surface area contributed by atoms with Crippen molar-refractivity contribution in [1.82, 2.24) is 5.32 Å². The molecule has 0 heterocycles. The number of carbonyl (C=O) groups excluding carboxylic acids is 1. The topological polar surface area (TPSA) is 64.5 Å². The fraction of sp³-hybridized carbons (Fsp3) is 0.600. The Balaban J connectivity index is 3.36. The summed E-state index contributed by atoms with van der Waals surface area (Å²) in [4.78, 5) is 12.3. The number of hydrogen-bond acceptors (Lipinski definition) is 3. The van der Waals surface area contributed by atoms with E-state index in [-0.39, 0.29) is 6.42 Å². The molecule has 0 saturated heterocycles. The average molecular weight is 128 g/mol. The van der Waals surface area contributed by atoms with Crippen LogP contribution in [-0.4, -0.2) is 25.9 Å². The SMILES string of the molecule is CNCCC([O-])=N[C-]=O. The summed E-state index contributed by atoms with van der Waals surface area (Å²) in [5, 5.41) is 13.1. The summed E-state index contributed by atoms with van der Waals surface area (Å²) in [6.45, 7) is 0.546. The molecule has 0 spiro atoms. The average Bonchev–Trinajstić information content (AvgIpc) is 1.85. The Kier molecular flexibility index (Phi) is 4.72. The lowest BCUT2D eigenvalue weighted by Crippen LogP contribution is -2.22. The number of nitrogens with one attached hydrogen (secondary N) is 1. The Hall–Kier alpha value is -0.900. The molecule has 4 nitrogen and oxygen atoms in total. The first-order chi connectivity index (χ1) is 4.31. The van der Waals surface area contributed by atoms with E-state index >= 15 is 0 Å². The summed E-state index contributed by atoms with van der Waals surface area (Å²) >= 11 is 0.